The van der Waals surface area contributed by atoms with E-state index in [1.807, 2.05) is 0 Å². The molecule has 2 heteroatoms. The number of hydrogen-bond acceptors (Lipinski definition) is 2. The van der Waals surface area contributed by atoms with Crippen molar-refractivity contribution in [1.82, 2.24) is 0 Å². The predicted molar refractivity (Wildman–Crippen MR) is 81.6 cm³/mol. The van der Waals surface area contributed by atoms with Gasteiger partial charge in [0.25, 0.3) is 0 Å². The Morgan fingerprint density at radius 2 is 2.11 bits per heavy atom. The molecule has 0 amide bonds. The van der Waals surface area contributed by atoms with Crippen LogP contribution in [0.2, 0.25) is 0 Å². The van der Waals surface area contributed by atoms with Gasteiger partial charge in [0, 0.05) is 24.2 Å². The second-order valence-electron chi connectivity index (χ2n) is 6.88. The summed E-state index contributed by atoms with van der Waals surface area (Å²) < 4.78 is 0. The number of para-hydroxylation sites is 1. The van der Waals surface area contributed by atoms with Crippen molar-refractivity contribution in [1.29, 1.82) is 0 Å². The van der Waals surface area contributed by atoms with Crippen molar-refractivity contribution >= 4 is 5.69 Å². The van der Waals surface area contributed by atoms with Gasteiger partial charge in [-0.1, -0.05) is 38.5 Å². The average Bonchev–Trinajstić information content (AvgIpc) is 2.91. The Bertz CT molecular complexity index is 452. The fourth-order valence-electron chi connectivity index (χ4n) is 4.16. The summed E-state index contributed by atoms with van der Waals surface area (Å²) in [7, 11) is 0. The molecule has 1 aromatic carbocycles. The van der Waals surface area contributed by atoms with Crippen molar-refractivity contribution in [3.8, 4) is 0 Å². The summed E-state index contributed by atoms with van der Waals surface area (Å²) in [5, 5.41) is 0. The monoisotopic (exact) mass is 258 g/mol. The summed E-state index contributed by atoms with van der Waals surface area (Å²) in [6.45, 7) is 6.83. The van der Waals surface area contributed by atoms with E-state index >= 15 is 0 Å². The van der Waals surface area contributed by atoms with Crippen LogP contribution in [0.5, 0.6) is 0 Å². The molecule has 0 radical (unpaired) electrons. The summed E-state index contributed by atoms with van der Waals surface area (Å²) in [5.74, 6) is 0.637. The first-order chi connectivity index (χ1) is 9.13. The normalized spacial score (nSPS) is 28.7. The van der Waals surface area contributed by atoms with Crippen LogP contribution >= 0.6 is 0 Å². The second-order valence-corrected chi connectivity index (χ2v) is 6.88. The molecule has 1 aliphatic heterocycles. The van der Waals surface area contributed by atoms with E-state index in [4.69, 9.17) is 5.73 Å². The van der Waals surface area contributed by atoms with Crippen LogP contribution in [0, 0.1) is 5.41 Å². The molecule has 0 aromatic heterocycles. The highest BCUT2D eigenvalue weighted by molar-refractivity contribution is 5.61. The molecule has 2 nitrogen and oxygen atoms in total. The van der Waals surface area contributed by atoms with E-state index in [2.05, 4.69) is 43.0 Å². The first-order valence-electron chi connectivity index (χ1n) is 7.69. The highest BCUT2D eigenvalue weighted by Gasteiger charge is 2.42. The molecule has 19 heavy (non-hydrogen) atoms. The summed E-state index contributed by atoms with van der Waals surface area (Å²) in [4.78, 5) is 2.68. The molecular weight excluding hydrogens is 232 g/mol. The SMILES string of the molecule is CC1(C)CCCC1N1CC(CCN)c2ccccc21. The van der Waals surface area contributed by atoms with Gasteiger partial charge >= 0.3 is 0 Å². The highest BCUT2D eigenvalue weighted by Crippen LogP contribution is 2.47. The van der Waals surface area contributed by atoms with Crippen molar-refractivity contribution in [2.24, 2.45) is 11.1 Å². The zero-order valence-electron chi connectivity index (χ0n) is 12.2. The standard InChI is InChI=1S/C17H26N2/c1-17(2)10-5-8-16(17)19-12-13(9-11-18)14-6-3-4-7-15(14)19/h3-4,6-7,13,16H,5,8-12,18H2,1-2H3. The third kappa shape index (κ3) is 2.16. The number of nitrogens with zero attached hydrogens (tertiary/aromatic N) is 1. The van der Waals surface area contributed by atoms with Crippen molar-refractivity contribution in [2.75, 3.05) is 18.0 Å². The van der Waals surface area contributed by atoms with Crippen LogP contribution in [0.1, 0.15) is 51.0 Å². The van der Waals surface area contributed by atoms with E-state index in [0.29, 0.717) is 17.4 Å². The molecule has 104 valence electrons. The maximum atomic E-state index is 5.80. The summed E-state index contributed by atoms with van der Waals surface area (Å²) in [6, 6.07) is 9.67. The number of fused-ring (bicyclic) bond motifs is 1. The van der Waals surface area contributed by atoms with Crippen molar-refractivity contribution in [3.05, 3.63) is 29.8 Å². The Labute approximate surface area is 117 Å². The molecule has 3 rings (SSSR count). The maximum Gasteiger partial charge on any atom is 0.0405 e. The van der Waals surface area contributed by atoms with E-state index < -0.39 is 0 Å². The zero-order chi connectivity index (χ0) is 13.5. The minimum absolute atomic E-state index is 0.449. The Morgan fingerprint density at radius 1 is 1.32 bits per heavy atom. The average molecular weight is 258 g/mol. The topological polar surface area (TPSA) is 29.3 Å². The molecule has 0 saturated heterocycles. The molecule has 2 aliphatic rings. The second kappa shape index (κ2) is 4.82. The fraction of sp³-hybridized carbons (Fsp3) is 0.647. The lowest BCUT2D eigenvalue weighted by atomic mass is 9.86. The molecule has 1 saturated carbocycles. The Kier molecular flexibility index (Phi) is 3.30. The predicted octanol–water partition coefficient (Wildman–Crippen LogP) is 3.52. The summed E-state index contributed by atoms with van der Waals surface area (Å²) in [6.07, 6.45) is 5.19. The van der Waals surface area contributed by atoms with Crippen molar-refractivity contribution in [2.45, 2.75) is 51.5 Å². The van der Waals surface area contributed by atoms with Gasteiger partial charge in [0.05, 0.1) is 0 Å². The Balaban J connectivity index is 1.92. The van der Waals surface area contributed by atoms with E-state index in [-0.39, 0.29) is 0 Å². The van der Waals surface area contributed by atoms with Gasteiger partial charge in [0.1, 0.15) is 0 Å². The zero-order valence-corrected chi connectivity index (χ0v) is 12.2. The third-order valence-corrected chi connectivity index (χ3v) is 5.20. The molecule has 1 aromatic rings. The molecule has 1 aliphatic carbocycles. The van der Waals surface area contributed by atoms with E-state index in [1.54, 1.807) is 0 Å². The van der Waals surface area contributed by atoms with Gasteiger partial charge in [0.15, 0.2) is 0 Å². The maximum absolute atomic E-state index is 5.80. The minimum atomic E-state index is 0.449. The first-order valence-corrected chi connectivity index (χ1v) is 7.69. The molecule has 2 atom stereocenters. The molecule has 2 unspecified atom stereocenters. The lowest BCUT2D eigenvalue weighted by Gasteiger charge is -2.37. The van der Waals surface area contributed by atoms with Crippen LogP contribution in [0.25, 0.3) is 0 Å². The van der Waals surface area contributed by atoms with Gasteiger partial charge in [-0.2, -0.15) is 0 Å². The van der Waals surface area contributed by atoms with Gasteiger partial charge < -0.3 is 10.6 Å². The van der Waals surface area contributed by atoms with Crippen LogP contribution in [0.15, 0.2) is 24.3 Å². The number of benzene rings is 1. The van der Waals surface area contributed by atoms with Gasteiger partial charge in [-0.3, -0.25) is 0 Å². The van der Waals surface area contributed by atoms with Crippen LogP contribution in [-0.4, -0.2) is 19.1 Å². The van der Waals surface area contributed by atoms with Crippen molar-refractivity contribution < 1.29 is 0 Å². The van der Waals surface area contributed by atoms with E-state index in [9.17, 15) is 0 Å². The number of hydrogen-bond donors (Lipinski definition) is 1. The number of anilines is 1. The lowest BCUT2D eigenvalue weighted by Crippen LogP contribution is -2.41. The van der Waals surface area contributed by atoms with E-state index in [1.165, 1.54) is 37.1 Å². The third-order valence-electron chi connectivity index (χ3n) is 5.20. The quantitative estimate of drug-likeness (QED) is 0.899. The lowest BCUT2D eigenvalue weighted by molar-refractivity contribution is 0.316. The highest BCUT2D eigenvalue weighted by atomic mass is 15.2. The Hall–Kier alpha value is -1.02. The van der Waals surface area contributed by atoms with Gasteiger partial charge in [0.2, 0.25) is 0 Å². The first kappa shape index (κ1) is 13.0. The number of rotatable bonds is 3. The molecule has 1 heterocycles. The fourth-order valence-corrected chi connectivity index (χ4v) is 4.16. The molecule has 0 spiro atoms. The van der Waals surface area contributed by atoms with Gasteiger partial charge in [-0.15, -0.1) is 0 Å². The molecule has 0 bridgehead atoms. The molecular formula is C17H26N2. The van der Waals surface area contributed by atoms with Gasteiger partial charge in [-0.25, -0.2) is 0 Å². The summed E-state index contributed by atoms with van der Waals surface area (Å²) >= 11 is 0. The minimum Gasteiger partial charge on any atom is -0.367 e. The summed E-state index contributed by atoms with van der Waals surface area (Å²) in [5.41, 5.74) is 9.25. The van der Waals surface area contributed by atoms with Gasteiger partial charge in [-0.05, 0) is 42.9 Å². The van der Waals surface area contributed by atoms with Crippen LogP contribution in [0.3, 0.4) is 0 Å². The van der Waals surface area contributed by atoms with E-state index in [0.717, 1.165) is 13.0 Å². The van der Waals surface area contributed by atoms with Crippen LogP contribution in [-0.2, 0) is 0 Å². The van der Waals surface area contributed by atoms with Crippen molar-refractivity contribution in [3.63, 3.8) is 0 Å². The largest absolute Gasteiger partial charge is 0.367 e. The smallest absolute Gasteiger partial charge is 0.0405 e. The van der Waals surface area contributed by atoms with Crippen LogP contribution < -0.4 is 10.6 Å². The number of nitrogens with two attached hydrogens (primary N) is 1. The van der Waals surface area contributed by atoms with Crippen LogP contribution in [0.4, 0.5) is 5.69 Å². The molecule has 1 fully saturated rings. The Morgan fingerprint density at radius 3 is 2.79 bits per heavy atom. The molecule has 2 N–H and O–H groups in total.